The maximum absolute atomic E-state index is 6.42. The highest BCUT2D eigenvalue weighted by molar-refractivity contribution is 6.31. The number of aromatic nitrogens is 3. The minimum absolute atomic E-state index is 0.0964. The summed E-state index contributed by atoms with van der Waals surface area (Å²) in [6, 6.07) is 3.88. The van der Waals surface area contributed by atoms with Crippen LogP contribution in [-0.4, -0.2) is 14.8 Å². The van der Waals surface area contributed by atoms with Crippen molar-refractivity contribution >= 4 is 11.6 Å². The molecule has 4 nitrogen and oxygen atoms in total. The highest BCUT2D eigenvalue weighted by Crippen LogP contribution is 2.26. The maximum Gasteiger partial charge on any atom is 0.0850 e. The molecule has 1 atom stereocenters. The molecular weight excluding hydrogens is 272 g/mol. The second-order valence-corrected chi connectivity index (χ2v) is 5.30. The molecule has 2 aromatic rings. The Labute approximate surface area is 125 Å². The SMILES string of the molecule is CCc1nn(CC)c(CC(N)c2ccnc(C)c2)c1Cl. The molecule has 0 saturated heterocycles. The first-order valence-electron chi connectivity index (χ1n) is 6.99. The van der Waals surface area contributed by atoms with Crippen LogP contribution in [0, 0.1) is 6.92 Å². The Kier molecular flexibility index (Phi) is 4.78. The van der Waals surface area contributed by atoms with Gasteiger partial charge in [-0.25, -0.2) is 0 Å². The Morgan fingerprint density at radius 2 is 2.15 bits per heavy atom. The summed E-state index contributed by atoms with van der Waals surface area (Å²) in [5, 5.41) is 5.29. The van der Waals surface area contributed by atoms with E-state index in [4.69, 9.17) is 17.3 Å². The van der Waals surface area contributed by atoms with Crippen LogP contribution in [0.3, 0.4) is 0 Å². The Bertz CT molecular complexity index is 592. The van der Waals surface area contributed by atoms with Crippen molar-refractivity contribution in [2.75, 3.05) is 0 Å². The van der Waals surface area contributed by atoms with E-state index in [9.17, 15) is 0 Å². The number of pyridine rings is 1. The molecule has 0 aliphatic carbocycles. The van der Waals surface area contributed by atoms with Crippen molar-refractivity contribution < 1.29 is 0 Å². The number of rotatable bonds is 5. The van der Waals surface area contributed by atoms with Gasteiger partial charge in [-0.15, -0.1) is 0 Å². The summed E-state index contributed by atoms with van der Waals surface area (Å²) in [5.41, 5.74) is 10.3. The second kappa shape index (κ2) is 6.37. The summed E-state index contributed by atoms with van der Waals surface area (Å²) in [4.78, 5) is 4.20. The van der Waals surface area contributed by atoms with Crippen molar-refractivity contribution in [3.8, 4) is 0 Å². The van der Waals surface area contributed by atoms with Crippen LogP contribution < -0.4 is 5.73 Å². The van der Waals surface area contributed by atoms with E-state index in [1.807, 2.05) is 23.7 Å². The molecule has 2 heterocycles. The van der Waals surface area contributed by atoms with Gasteiger partial charge >= 0.3 is 0 Å². The van der Waals surface area contributed by atoms with Crippen molar-refractivity contribution in [3.63, 3.8) is 0 Å². The lowest BCUT2D eigenvalue weighted by Gasteiger charge is -2.13. The van der Waals surface area contributed by atoms with Crippen LogP contribution in [0.1, 0.15) is 42.5 Å². The van der Waals surface area contributed by atoms with Crippen LogP contribution in [0.25, 0.3) is 0 Å². The normalized spacial score (nSPS) is 12.7. The van der Waals surface area contributed by atoms with E-state index in [0.29, 0.717) is 6.42 Å². The van der Waals surface area contributed by atoms with Crippen LogP contribution in [0.5, 0.6) is 0 Å². The van der Waals surface area contributed by atoms with Gasteiger partial charge in [0.1, 0.15) is 0 Å². The van der Waals surface area contributed by atoms with E-state index in [-0.39, 0.29) is 6.04 Å². The molecule has 2 aromatic heterocycles. The van der Waals surface area contributed by atoms with E-state index in [2.05, 4.69) is 23.9 Å². The van der Waals surface area contributed by atoms with Crippen LogP contribution in [0.2, 0.25) is 5.02 Å². The van der Waals surface area contributed by atoms with Gasteiger partial charge in [0.25, 0.3) is 0 Å². The fourth-order valence-electron chi connectivity index (χ4n) is 2.34. The Balaban J connectivity index is 2.27. The minimum atomic E-state index is -0.0964. The first-order chi connectivity index (χ1) is 9.56. The van der Waals surface area contributed by atoms with E-state index in [1.54, 1.807) is 6.20 Å². The third-order valence-electron chi connectivity index (χ3n) is 3.46. The monoisotopic (exact) mass is 292 g/mol. The van der Waals surface area contributed by atoms with Crippen LogP contribution in [0.15, 0.2) is 18.3 Å². The number of hydrogen-bond donors (Lipinski definition) is 1. The largest absolute Gasteiger partial charge is 0.324 e. The number of aryl methyl sites for hydroxylation is 3. The highest BCUT2D eigenvalue weighted by Gasteiger charge is 2.18. The fraction of sp³-hybridized carbons (Fsp3) is 0.467. The highest BCUT2D eigenvalue weighted by atomic mass is 35.5. The quantitative estimate of drug-likeness (QED) is 0.921. The Morgan fingerprint density at radius 3 is 2.75 bits per heavy atom. The van der Waals surface area contributed by atoms with Crippen LogP contribution >= 0.6 is 11.6 Å². The molecule has 20 heavy (non-hydrogen) atoms. The first-order valence-corrected chi connectivity index (χ1v) is 7.36. The molecule has 0 aromatic carbocycles. The molecule has 2 N–H and O–H groups in total. The summed E-state index contributed by atoms with van der Waals surface area (Å²) in [5.74, 6) is 0. The Morgan fingerprint density at radius 1 is 1.40 bits per heavy atom. The van der Waals surface area contributed by atoms with Crippen LogP contribution in [0.4, 0.5) is 0 Å². The zero-order valence-corrected chi connectivity index (χ0v) is 13.0. The molecule has 5 heteroatoms. The summed E-state index contributed by atoms with van der Waals surface area (Å²) in [6.07, 6.45) is 3.31. The molecule has 2 rings (SSSR count). The summed E-state index contributed by atoms with van der Waals surface area (Å²) < 4.78 is 1.95. The molecule has 0 amide bonds. The van der Waals surface area contributed by atoms with Crippen molar-refractivity contribution in [2.45, 2.75) is 46.2 Å². The standard InChI is InChI=1S/C15H21ClN4/c1-4-13-15(16)14(20(5-2)19-13)9-12(17)11-6-7-18-10(3)8-11/h6-8,12H,4-5,9,17H2,1-3H3. The number of nitrogens with two attached hydrogens (primary N) is 1. The van der Waals surface area contributed by atoms with E-state index < -0.39 is 0 Å². The topological polar surface area (TPSA) is 56.7 Å². The van der Waals surface area contributed by atoms with Crippen LogP contribution in [-0.2, 0) is 19.4 Å². The van der Waals surface area contributed by atoms with E-state index in [1.165, 1.54) is 0 Å². The summed E-state index contributed by atoms with van der Waals surface area (Å²) >= 11 is 6.42. The van der Waals surface area contributed by atoms with Gasteiger partial charge in [-0.05, 0) is 38.0 Å². The van der Waals surface area contributed by atoms with E-state index in [0.717, 1.165) is 40.6 Å². The molecule has 0 spiro atoms. The second-order valence-electron chi connectivity index (χ2n) is 4.92. The molecule has 0 bridgehead atoms. The number of halogens is 1. The molecular formula is C15H21ClN4. The molecule has 0 aliphatic heterocycles. The lowest BCUT2D eigenvalue weighted by atomic mass is 10.0. The van der Waals surface area contributed by atoms with Gasteiger partial charge in [-0.1, -0.05) is 18.5 Å². The van der Waals surface area contributed by atoms with Crippen molar-refractivity contribution in [2.24, 2.45) is 5.73 Å². The molecule has 1 unspecified atom stereocenters. The van der Waals surface area contributed by atoms with Gasteiger partial charge in [-0.2, -0.15) is 5.10 Å². The number of hydrogen-bond acceptors (Lipinski definition) is 3. The van der Waals surface area contributed by atoms with Gasteiger partial charge in [0.05, 0.1) is 16.4 Å². The molecule has 0 aliphatic rings. The predicted molar refractivity (Wildman–Crippen MR) is 81.9 cm³/mol. The molecule has 0 radical (unpaired) electrons. The zero-order valence-electron chi connectivity index (χ0n) is 12.2. The lowest BCUT2D eigenvalue weighted by Crippen LogP contribution is -2.16. The third kappa shape index (κ3) is 3.02. The van der Waals surface area contributed by atoms with Crippen molar-refractivity contribution in [1.29, 1.82) is 0 Å². The summed E-state index contributed by atoms with van der Waals surface area (Å²) in [6.45, 7) is 6.89. The molecule has 0 saturated carbocycles. The van der Waals surface area contributed by atoms with Gasteiger partial charge in [0.2, 0.25) is 0 Å². The number of nitrogens with zero attached hydrogens (tertiary/aromatic N) is 3. The lowest BCUT2D eigenvalue weighted by molar-refractivity contribution is 0.585. The third-order valence-corrected chi connectivity index (χ3v) is 3.89. The smallest absolute Gasteiger partial charge is 0.0850 e. The van der Waals surface area contributed by atoms with Gasteiger partial charge in [-0.3, -0.25) is 9.67 Å². The zero-order chi connectivity index (χ0) is 14.7. The predicted octanol–water partition coefficient (Wildman–Crippen LogP) is 3.06. The summed E-state index contributed by atoms with van der Waals surface area (Å²) in [7, 11) is 0. The first kappa shape index (κ1) is 15.0. The maximum atomic E-state index is 6.42. The average molecular weight is 293 g/mol. The Hall–Kier alpha value is -1.39. The molecule has 108 valence electrons. The van der Waals surface area contributed by atoms with E-state index >= 15 is 0 Å². The van der Waals surface area contributed by atoms with Crippen molar-refractivity contribution in [1.82, 2.24) is 14.8 Å². The van der Waals surface area contributed by atoms with Gasteiger partial charge < -0.3 is 5.73 Å². The minimum Gasteiger partial charge on any atom is -0.324 e. The van der Waals surface area contributed by atoms with Crippen molar-refractivity contribution in [3.05, 3.63) is 46.0 Å². The fourth-order valence-corrected chi connectivity index (χ4v) is 2.68. The van der Waals surface area contributed by atoms with Gasteiger partial charge in [0.15, 0.2) is 0 Å². The van der Waals surface area contributed by atoms with Gasteiger partial charge in [0, 0.05) is 30.9 Å². The average Bonchev–Trinajstić information content (AvgIpc) is 2.75. The molecule has 0 fully saturated rings.